The SMILES string of the molecule is CCCCC1CCC(c2ccc(CCC3=CC(F)(Cl)C(F)(Cl)N=C3)cc2)CC1. The standard InChI is InChI=1S/C23H29Cl2F2N/c1-2-3-4-17-7-11-20(12-8-17)21-13-9-18(10-14-21)5-6-19-15-22(24,26)23(25,27)28-16-19/h9-10,13-17,20H,2-8,11-12H2,1H3. The van der Waals surface area contributed by atoms with Gasteiger partial charge in [-0.05, 0) is 73.1 Å². The first-order valence-electron chi connectivity index (χ1n) is 10.4. The molecule has 1 aliphatic carbocycles. The highest BCUT2D eigenvalue weighted by molar-refractivity contribution is 6.34. The van der Waals surface area contributed by atoms with Gasteiger partial charge in [-0.15, -0.1) is 0 Å². The minimum atomic E-state index is -2.94. The molecule has 1 saturated carbocycles. The summed E-state index contributed by atoms with van der Waals surface area (Å²) in [5.41, 5.74) is 3.14. The van der Waals surface area contributed by atoms with E-state index in [9.17, 15) is 8.78 Å². The Morgan fingerprint density at radius 3 is 2.32 bits per heavy atom. The van der Waals surface area contributed by atoms with Crippen molar-refractivity contribution in [3.63, 3.8) is 0 Å². The Kier molecular flexibility index (Phi) is 7.20. The number of hydrogen-bond acceptors (Lipinski definition) is 1. The fourth-order valence-electron chi connectivity index (χ4n) is 4.27. The van der Waals surface area contributed by atoms with Crippen molar-refractivity contribution >= 4 is 29.4 Å². The molecule has 2 atom stereocenters. The molecule has 1 fully saturated rings. The molecular formula is C23H29Cl2F2N. The van der Waals surface area contributed by atoms with Crippen molar-refractivity contribution in [1.29, 1.82) is 0 Å². The number of aryl methyl sites for hydroxylation is 1. The Labute approximate surface area is 177 Å². The molecule has 28 heavy (non-hydrogen) atoms. The summed E-state index contributed by atoms with van der Waals surface area (Å²) in [6.45, 7) is 2.26. The van der Waals surface area contributed by atoms with Gasteiger partial charge in [0.15, 0.2) is 0 Å². The van der Waals surface area contributed by atoms with Gasteiger partial charge in [0, 0.05) is 6.21 Å². The number of halogens is 4. The van der Waals surface area contributed by atoms with Crippen LogP contribution in [0.1, 0.15) is 75.3 Å². The van der Waals surface area contributed by atoms with Gasteiger partial charge in [-0.1, -0.05) is 73.7 Å². The first kappa shape index (κ1) is 21.8. The predicted octanol–water partition coefficient (Wildman–Crippen LogP) is 7.86. The van der Waals surface area contributed by atoms with E-state index in [1.165, 1.54) is 56.7 Å². The molecule has 0 spiro atoms. The zero-order chi connectivity index (χ0) is 20.2. The molecule has 1 aromatic rings. The van der Waals surface area contributed by atoms with Gasteiger partial charge in [0.2, 0.25) is 0 Å². The third-order valence-electron chi connectivity index (χ3n) is 6.13. The van der Waals surface area contributed by atoms with Crippen LogP contribution in [0.5, 0.6) is 0 Å². The lowest BCUT2D eigenvalue weighted by Crippen LogP contribution is -2.37. The first-order chi connectivity index (χ1) is 13.3. The van der Waals surface area contributed by atoms with Crippen LogP contribution in [0.3, 0.4) is 0 Å². The van der Waals surface area contributed by atoms with E-state index in [1.54, 1.807) is 0 Å². The average Bonchev–Trinajstić information content (AvgIpc) is 2.68. The van der Waals surface area contributed by atoms with Gasteiger partial charge >= 0.3 is 5.25 Å². The van der Waals surface area contributed by atoms with Crippen molar-refractivity contribution in [1.82, 2.24) is 0 Å². The summed E-state index contributed by atoms with van der Waals surface area (Å²) in [7, 11) is 0. The van der Waals surface area contributed by atoms with Gasteiger partial charge in [-0.2, -0.15) is 4.39 Å². The molecule has 5 heteroatoms. The Bertz CT molecular complexity index is 702. The Balaban J connectivity index is 1.51. The van der Waals surface area contributed by atoms with Gasteiger partial charge in [0.25, 0.3) is 5.13 Å². The quantitative estimate of drug-likeness (QED) is 0.310. The monoisotopic (exact) mass is 427 g/mol. The summed E-state index contributed by atoms with van der Waals surface area (Å²) in [6.07, 6.45) is 12.9. The maximum absolute atomic E-state index is 14.0. The largest absolute Gasteiger partial charge is 0.327 e. The van der Waals surface area contributed by atoms with Gasteiger partial charge < -0.3 is 0 Å². The van der Waals surface area contributed by atoms with Crippen LogP contribution in [0.4, 0.5) is 8.78 Å². The molecule has 154 valence electrons. The topological polar surface area (TPSA) is 12.4 Å². The second-order valence-corrected chi connectivity index (χ2v) is 9.29. The number of benzene rings is 1. The molecule has 1 heterocycles. The summed E-state index contributed by atoms with van der Waals surface area (Å²) in [5.74, 6) is 1.59. The van der Waals surface area contributed by atoms with Crippen LogP contribution in [-0.2, 0) is 6.42 Å². The van der Waals surface area contributed by atoms with Crippen molar-refractivity contribution in [3.8, 4) is 0 Å². The van der Waals surface area contributed by atoms with Gasteiger partial charge in [0.05, 0.1) is 0 Å². The van der Waals surface area contributed by atoms with Crippen molar-refractivity contribution in [2.24, 2.45) is 10.9 Å². The molecule has 1 aliphatic heterocycles. The molecule has 1 nitrogen and oxygen atoms in total. The van der Waals surface area contributed by atoms with E-state index in [-0.39, 0.29) is 0 Å². The summed E-state index contributed by atoms with van der Waals surface area (Å²) in [5, 5.41) is -5.74. The van der Waals surface area contributed by atoms with Gasteiger partial charge in [0.1, 0.15) is 0 Å². The summed E-state index contributed by atoms with van der Waals surface area (Å²) < 4.78 is 27.8. The zero-order valence-electron chi connectivity index (χ0n) is 16.4. The van der Waals surface area contributed by atoms with Crippen molar-refractivity contribution in [2.75, 3.05) is 0 Å². The van der Waals surface area contributed by atoms with E-state index in [0.717, 1.165) is 24.0 Å². The molecule has 2 unspecified atom stereocenters. The molecule has 0 radical (unpaired) electrons. The molecular weight excluding hydrogens is 399 g/mol. The fourth-order valence-corrected chi connectivity index (χ4v) is 4.56. The van der Waals surface area contributed by atoms with E-state index in [0.29, 0.717) is 17.9 Å². The average molecular weight is 428 g/mol. The minimum Gasteiger partial charge on any atom is -0.235 e. The lowest BCUT2D eigenvalue weighted by Gasteiger charge is -2.29. The molecule has 3 rings (SSSR count). The molecule has 0 aromatic heterocycles. The molecule has 0 N–H and O–H groups in total. The van der Waals surface area contributed by atoms with Crippen LogP contribution in [0, 0.1) is 5.92 Å². The normalized spacial score (nSPS) is 33.0. The number of allylic oxidation sites excluding steroid dienone is 1. The fraction of sp³-hybridized carbons (Fsp3) is 0.609. The maximum atomic E-state index is 14.0. The second kappa shape index (κ2) is 9.26. The Hall–Kier alpha value is -0.930. The zero-order valence-corrected chi connectivity index (χ0v) is 18.0. The van der Waals surface area contributed by atoms with Crippen LogP contribution < -0.4 is 0 Å². The third-order valence-corrected chi connectivity index (χ3v) is 6.96. The van der Waals surface area contributed by atoms with E-state index in [1.807, 2.05) is 0 Å². The van der Waals surface area contributed by atoms with Gasteiger partial charge in [-0.25, -0.2) is 9.38 Å². The molecule has 1 aromatic carbocycles. The maximum Gasteiger partial charge on any atom is 0.327 e. The number of nitrogens with zero attached hydrogens (tertiary/aromatic N) is 1. The lowest BCUT2D eigenvalue weighted by atomic mass is 9.77. The predicted molar refractivity (Wildman–Crippen MR) is 115 cm³/mol. The first-order valence-corrected chi connectivity index (χ1v) is 11.2. The van der Waals surface area contributed by atoms with Crippen molar-refractivity contribution in [3.05, 3.63) is 47.0 Å². The number of unbranched alkanes of at least 4 members (excludes halogenated alkanes) is 1. The van der Waals surface area contributed by atoms with E-state index in [4.69, 9.17) is 23.2 Å². The van der Waals surface area contributed by atoms with Crippen LogP contribution in [0.25, 0.3) is 0 Å². The third kappa shape index (κ3) is 5.36. The summed E-state index contributed by atoms with van der Waals surface area (Å²) >= 11 is 10.9. The van der Waals surface area contributed by atoms with Crippen LogP contribution >= 0.6 is 23.2 Å². The molecule has 0 amide bonds. The summed E-state index contributed by atoms with van der Waals surface area (Å²) in [6, 6.07) is 8.73. The number of rotatable bonds is 7. The highest BCUT2D eigenvalue weighted by Gasteiger charge is 2.51. The highest BCUT2D eigenvalue weighted by atomic mass is 35.5. The van der Waals surface area contributed by atoms with Crippen molar-refractivity contribution < 1.29 is 8.78 Å². The van der Waals surface area contributed by atoms with Crippen LogP contribution in [0.15, 0.2) is 40.9 Å². The minimum absolute atomic E-state index is 0.538. The smallest absolute Gasteiger partial charge is 0.235 e. The number of dihydropyridines is 1. The van der Waals surface area contributed by atoms with Crippen LogP contribution in [0.2, 0.25) is 0 Å². The number of hydrogen-bond donors (Lipinski definition) is 0. The molecule has 2 aliphatic rings. The van der Waals surface area contributed by atoms with Crippen LogP contribution in [-0.4, -0.2) is 16.6 Å². The van der Waals surface area contributed by atoms with Gasteiger partial charge in [-0.3, -0.25) is 0 Å². The van der Waals surface area contributed by atoms with Crippen molar-refractivity contribution in [2.45, 2.75) is 81.0 Å². The highest BCUT2D eigenvalue weighted by Crippen LogP contribution is 2.43. The van der Waals surface area contributed by atoms with E-state index < -0.39 is 10.4 Å². The number of alkyl halides is 4. The molecule has 0 saturated heterocycles. The Morgan fingerprint density at radius 2 is 1.71 bits per heavy atom. The van der Waals surface area contributed by atoms with E-state index in [2.05, 4.69) is 36.2 Å². The summed E-state index contributed by atoms with van der Waals surface area (Å²) in [4.78, 5) is 3.41. The second-order valence-electron chi connectivity index (χ2n) is 8.24. The Morgan fingerprint density at radius 1 is 1.04 bits per heavy atom. The lowest BCUT2D eigenvalue weighted by molar-refractivity contribution is 0.136. The number of aliphatic imine (C=N–C) groups is 1. The van der Waals surface area contributed by atoms with E-state index >= 15 is 0 Å². The molecule has 0 bridgehead atoms.